The van der Waals surface area contributed by atoms with Crippen LogP contribution in [-0.4, -0.2) is 5.97 Å². The predicted molar refractivity (Wildman–Crippen MR) is 71.6 cm³/mol. The maximum atomic E-state index is 10.6. The van der Waals surface area contributed by atoms with E-state index in [0.29, 0.717) is 0 Å². The van der Waals surface area contributed by atoms with Gasteiger partial charge in [-0.25, -0.2) is 0 Å². The Morgan fingerprint density at radius 3 is 2.17 bits per heavy atom. The summed E-state index contributed by atoms with van der Waals surface area (Å²) in [7, 11) is 0. The molecule has 0 saturated heterocycles. The summed E-state index contributed by atoms with van der Waals surface area (Å²) in [6, 6.07) is 12.4. The molecular weight excluding hydrogens is 371 g/mol. The van der Waals surface area contributed by atoms with Gasteiger partial charge in [-0.05, 0) is 34.9 Å². The van der Waals surface area contributed by atoms with E-state index in [1.165, 1.54) is 12.1 Å². The smallest absolute Gasteiger partial charge is 0.545 e. The van der Waals surface area contributed by atoms with Gasteiger partial charge < -0.3 is 9.90 Å². The topological polar surface area (TPSA) is 40.1 Å². The van der Waals surface area contributed by atoms with Crippen LogP contribution in [0.1, 0.15) is 10.4 Å². The summed E-state index contributed by atoms with van der Waals surface area (Å²) in [4.78, 5) is 10.6. The van der Waals surface area contributed by atoms with Crippen molar-refractivity contribution in [1.82, 2.24) is 0 Å². The normalized spacial score (nSPS) is 9.67. The largest absolute Gasteiger partial charge is 1.00 e. The van der Waals surface area contributed by atoms with Crippen molar-refractivity contribution in [3.63, 3.8) is 0 Å². The molecule has 2 rings (SSSR count). The van der Waals surface area contributed by atoms with Crippen LogP contribution in [0.15, 0.2) is 51.4 Å². The number of carbonyl (C=O) groups excluding carboxylic acids is 1. The Hall–Kier alpha value is -0.130. The number of carbonyl (C=O) groups is 1. The third-order valence-electron chi connectivity index (χ3n) is 2.36. The van der Waals surface area contributed by atoms with Crippen molar-refractivity contribution in [2.24, 2.45) is 0 Å². The van der Waals surface area contributed by atoms with Crippen molar-refractivity contribution in [3.05, 3.63) is 57.0 Å². The fourth-order valence-corrected chi connectivity index (χ4v) is 2.34. The fourth-order valence-electron chi connectivity index (χ4n) is 1.50. The first kappa shape index (κ1) is 15.9. The Morgan fingerprint density at radius 2 is 1.61 bits per heavy atom. The first-order chi connectivity index (χ1) is 8.08. The van der Waals surface area contributed by atoms with E-state index in [-0.39, 0.29) is 35.1 Å². The van der Waals surface area contributed by atoms with Gasteiger partial charge in [0.1, 0.15) is 0 Å². The van der Waals surface area contributed by atoms with Crippen molar-refractivity contribution >= 4 is 37.8 Å². The number of carboxylic acids is 1. The molecule has 0 N–H and O–H groups in total. The first-order valence-corrected chi connectivity index (χ1v) is 6.43. The van der Waals surface area contributed by atoms with Gasteiger partial charge in [-0.3, -0.25) is 0 Å². The minimum atomic E-state index is -1.16. The standard InChI is InChI=1S/C13H8Br2O2.Na/c14-10-5-6-12(15)11(7-10)8-1-3-9(4-2-8)13(16)17;/h1-7H,(H,16,17);/q;+1/p-1. The summed E-state index contributed by atoms with van der Waals surface area (Å²) in [5.74, 6) is -1.16. The van der Waals surface area contributed by atoms with Crippen LogP contribution in [0.2, 0.25) is 0 Å². The number of carboxylic acid groups (broad SMARTS) is 1. The van der Waals surface area contributed by atoms with E-state index in [1.807, 2.05) is 18.2 Å². The molecule has 0 unspecified atom stereocenters. The minimum absolute atomic E-state index is 0. The molecule has 2 aromatic carbocycles. The second-order valence-electron chi connectivity index (χ2n) is 3.49. The molecule has 0 aliphatic heterocycles. The Kier molecular flexibility index (Phi) is 6.08. The monoisotopic (exact) mass is 376 g/mol. The summed E-state index contributed by atoms with van der Waals surface area (Å²) in [5, 5.41) is 10.6. The maximum absolute atomic E-state index is 10.6. The average molecular weight is 378 g/mol. The van der Waals surface area contributed by atoms with Crippen LogP contribution >= 0.6 is 31.9 Å². The van der Waals surface area contributed by atoms with E-state index in [1.54, 1.807) is 12.1 Å². The number of hydrogen-bond donors (Lipinski definition) is 0. The summed E-state index contributed by atoms with van der Waals surface area (Å²) in [6.07, 6.45) is 0. The van der Waals surface area contributed by atoms with Gasteiger partial charge >= 0.3 is 29.6 Å². The van der Waals surface area contributed by atoms with Crippen LogP contribution in [0.3, 0.4) is 0 Å². The average Bonchev–Trinajstić information content (AvgIpc) is 2.32. The van der Waals surface area contributed by atoms with Crippen LogP contribution in [0.25, 0.3) is 11.1 Å². The Morgan fingerprint density at radius 1 is 1.00 bits per heavy atom. The number of hydrogen-bond acceptors (Lipinski definition) is 2. The summed E-state index contributed by atoms with van der Waals surface area (Å²) in [6.45, 7) is 0. The van der Waals surface area contributed by atoms with E-state index in [4.69, 9.17) is 0 Å². The molecule has 0 aliphatic rings. The van der Waals surface area contributed by atoms with E-state index >= 15 is 0 Å². The van der Waals surface area contributed by atoms with Crippen molar-refractivity contribution in [3.8, 4) is 11.1 Å². The maximum Gasteiger partial charge on any atom is 1.00 e. The van der Waals surface area contributed by atoms with Crippen LogP contribution < -0.4 is 34.7 Å². The molecule has 2 nitrogen and oxygen atoms in total. The molecule has 0 bridgehead atoms. The summed E-state index contributed by atoms with van der Waals surface area (Å²) < 4.78 is 1.93. The molecule has 0 fully saturated rings. The molecule has 0 aromatic heterocycles. The van der Waals surface area contributed by atoms with Gasteiger partial charge in [0.05, 0.1) is 5.97 Å². The predicted octanol–water partition coefficient (Wildman–Crippen LogP) is 0.246. The third-order valence-corrected chi connectivity index (χ3v) is 3.54. The minimum Gasteiger partial charge on any atom is -0.545 e. The van der Waals surface area contributed by atoms with Crippen molar-refractivity contribution < 1.29 is 39.5 Å². The molecule has 0 amide bonds. The van der Waals surface area contributed by atoms with Gasteiger partial charge in [0.15, 0.2) is 0 Å². The molecular formula is C13H7Br2NaO2. The van der Waals surface area contributed by atoms with Crippen molar-refractivity contribution in [2.45, 2.75) is 0 Å². The van der Waals surface area contributed by atoms with Gasteiger partial charge in [-0.15, -0.1) is 0 Å². The molecule has 5 heteroatoms. The number of rotatable bonds is 2. The number of benzene rings is 2. The van der Waals surface area contributed by atoms with Gasteiger partial charge in [0.2, 0.25) is 0 Å². The summed E-state index contributed by atoms with van der Waals surface area (Å²) >= 11 is 6.87. The van der Waals surface area contributed by atoms with E-state index < -0.39 is 5.97 Å². The van der Waals surface area contributed by atoms with Gasteiger partial charge in [-0.2, -0.15) is 0 Å². The molecule has 0 aliphatic carbocycles. The first-order valence-electron chi connectivity index (χ1n) is 4.85. The van der Waals surface area contributed by atoms with Gasteiger partial charge in [0, 0.05) is 8.95 Å². The third kappa shape index (κ3) is 3.68. The van der Waals surface area contributed by atoms with E-state index in [0.717, 1.165) is 20.1 Å². The molecule has 0 heterocycles. The second-order valence-corrected chi connectivity index (χ2v) is 5.26. The Bertz CT molecular complexity index is 568. The van der Waals surface area contributed by atoms with Crippen LogP contribution in [0.5, 0.6) is 0 Å². The Balaban J connectivity index is 0.00000162. The van der Waals surface area contributed by atoms with Crippen molar-refractivity contribution in [2.75, 3.05) is 0 Å². The molecule has 0 atom stereocenters. The molecule has 0 radical (unpaired) electrons. The van der Waals surface area contributed by atoms with Crippen LogP contribution in [0, 0.1) is 0 Å². The molecule has 18 heavy (non-hydrogen) atoms. The second kappa shape index (κ2) is 6.87. The quantitative estimate of drug-likeness (QED) is 0.704. The number of halogens is 2. The zero-order valence-electron chi connectivity index (χ0n) is 9.61. The fraction of sp³-hybridized carbons (Fsp3) is 0. The zero-order chi connectivity index (χ0) is 12.4. The van der Waals surface area contributed by atoms with E-state index in [9.17, 15) is 9.90 Å². The van der Waals surface area contributed by atoms with Crippen LogP contribution in [0.4, 0.5) is 0 Å². The zero-order valence-corrected chi connectivity index (χ0v) is 14.8. The van der Waals surface area contributed by atoms with Crippen molar-refractivity contribution in [1.29, 1.82) is 0 Å². The Labute approximate surface area is 144 Å². The van der Waals surface area contributed by atoms with Gasteiger partial charge in [-0.1, -0.05) is 56.1 Å². The molecule has 86 valence electrons. The molecule has 0 saturated carbocycles. The molecule has 2 aromatic rings. The molecule has 0 spiro atoms. The number of aromatic carboxylic acids is 1. The van der Waals surface area contributed by atoms with E-state index in [2.05, 4.69) is 31.9 Å². The van der Waals surface area contributed by atoms with Gasteiger partial charge in [0.25, 0.3) is 0 Å². The van der Waals surface area contributed by atoms with Crippen LogP contribution in [-0.2, 0) is 0 Å². The summed E-state index contributed by atoms with van der Waals surface area (Å²) in [5.41, 5.74) is 2.13. The SMILES string of the molecule is O=C([O-])c1ccc(-c2cc(Br)ccc2Br)cc1.[Na+].